The second-order valence-corrected chi connectivity index (χ2v) is 9.03. The van der Waals surface area contributed by atoms with E-state index in [1.807, 2.05) is 12.1 Å². The molecule has 0 aliphatic carbocycles. The largest absolute Gasteiger partial charge is 0.457 e. The molecule has 0 bridgehead atoms. The van der Waals surface area contributed by atoms with Crippen LogP contribution >= 0.6 is 11.8 Å². The summed E-state index contributed by atoms with van der Waals surface area (Å²) >= 11 is 1.79. The van der Waals surface area contributed by atoms with Gasteiger partial charge in [0.05, 0.1) is 23.4 Å². The molecule has 2 heterocycles. The van der Waals surface area contributed by atoms with Gasteiger partial charge in [-0.2, -0.15) is 5.26 Å². The summed E-state index contributed by atoms with van der Waals surface area (Å²) in [6, 6.07) is 23.5. The molecule has 4 nitrogen and oxygen atoms in total. The summed E-state index contributed by atoms with van der Waals surface area (Å²) < 4.78 is 6.38. The van der Waals surface area contributed by atoms with Gasteiger partial charge < -0.3 is 14.5 Å². The van der Waals surface area contributed by atoms with Crippen molar-refractivity contribution in [2.75, 3.05) is 29.9 Å². The number of nitriles is 1. The number of para-hydroxylation sites is 1. The Bertz CT molecular complexity index is 1260. The van der Waals surface area contributed by atoms with Crippen LogP contribution in [0.25, 0.3) is 5.76 Å². The molecule has 5 rings (SSSR count). The molecule has 32 heavy (non-hydrogen) atoms. The molecule has 1 unspecified atom stereocenters. The van der Waals surface area contributed by atoms with Crippen molar-refractivity contribution in [3.8, 4) is 11.8 Å². The molecule has 0 aromatic heterocycles. The molecule has 0 saturated carbocycles. The van der Waals surface area contributed by atoms with Gasteiger partial charge in [-0.1, -0.05) is 30.0 Å². The van der Waals surface area contributed by atoms with Gasteiger partial charge in [0.2, 0.25) is 0 Å². The third kappa shape index (κ3) is 3.41. The van der Waals surface area contributed by atoms with Gasteiger partial charge in [0.15, 0.2) is 0 Å². The maximum absolute atomic E-state index is 9.84. The van der Waals surface area contributed by atoms with Gasteiger partial charge in [-0.3, -0.25) is 0 Å². The van der Waals surface area contributed by atoms with E-state index in [0.717, 1.165) is 47.1 Å². The standard InChI is InChI=1S/C27H25N3OS/c1-4-30(5-2)20-11-12-21-19(17-28)15-24(31-25(21)16-20)18-10-13-27-23(14-18)29(3)22-8-6-7-9-26(22)32-27/h6-16,19H,4-5H2,1-3H3. The second kappa shape index (κ2) is 8.29. The summed E-state index contributed by atoms with van der Waals surface area (Å²) in [6.07, 6.45) is 1.94. The van der Waals surface area contributed by atoms with Crippen molar-refractivity contribution in [2.24, 2.45) is 0 Å². The van der Waals surface area contributed by atoms with Crippen molar-refractivity contribution >= 4 is 34.6 Å². The summed E-state index contributed by atoms with van der Waals surface area (Å²) in [4.78, 5) is 6.98. The van der Waals surface area contributed by atoms with Crippen LogP contribution < -0.4 is 14.5 Å². The van der Waals surface area contributed by atoms with Crippen LogP contribution in [0.15, 0.2) is 76.5 Å². The monoisotopic (exact) mass is 439 g/mol. The van der Waals surface area contributed by atoms with Gasteiger partial charge in [0.25, 0.3) is 0 Å². The zero-order chi connectivity index (χ0) is 22.2. The van der Waals surface area contributed by atoms with Gasteiger partial charge in [0, 0.05) is 52.8 Å². The summed E-state index contributed by atoms with van der Waals surface area (Å²) in [7, 11) is 2.10. The number of benzene rings is 3. The molecule has 0 fully saturated rings. The lowest BCUT2D eigenvalue weighted by molar-refractivity contribution is 0.494. The number of rotatable bonds is 4. The predicted octanol–water partition coefficient (Wildman–Crippen LogP) is 6.81. The van der Waals surface area contributed by atoms with Gasteiger partial charge in [-0.25, -0.2) is 0 Å². The van der Waals surface area contributed by atoms with E-state index in [4.69, 9.17) is 4.74 Å². The van der Waals surface area contributed by atoms with Crippen LogP contribution in [0.2, 0.25) is 0 Å². The predicted molar refractivity (Wildman–Crippen MR) is 132 cm³/mol. The number of allylic oxidation sites excluding steroid dienone is 1. The Morgan fingerprint density at radius 3 is 2.56 bits per heavy atom. The van der Waals surface area contributed by atoms with Gasteiger partial charge in [-0.05, 0) is 56.3 Å². The fraction of sp³-hybridized carbons (Fsp3) is 0.222. The van der Waals surface area contributed by atoms with Crippen LogP contribution in [-0.2, 0) is 0 Å². The second-order valence-electron chi connectivity index (χ2n) is 7.95. The molecule has 3 aromatic rings. The van der Waals surface area contributed by atoms with Gasteiger partial charge in [-0.15, -0.1) is 0 Å². The van der Waals surface area contributed by atoms with Crippen LogP contribution in [0, 0.1) is 11.3 Å². The molecule has 5 heteroatoms. The van der Waals surface area contributed by atoms with Crippen LogP contribution in [0.3, 0.4) is 0 Å². The van der Waals surface area contributed by atoms with E-state index < -0.39 is 0 Å². The summed E-state index contributed by atoms with van der Waals surface area (Å²) in [5, 5.41) is 9.84. The topological polar surface area (TPSA) is 39.5 Å². The molecule has 2 aliphatic rings. The maximum Gasteiger partial charge on any atom is 0.134 e. The highest BCUT2D eigenvalue weighted by atomic mass is 32.2. The van der Waals surface area contributed by atoms with Crippen LogP contribution in [0.4, 0.5) is 17.1 Å². The Kier molecular flexibility index (Phi) is 5.32. The summed E-state index contributed by atoms with van der Waals surface area (Å²) in [6.45, 7) is 6.14. The molecule has 0 spiro atoms. The van der Waals surface area contributed by atoms with E-state index in [1.165, 1.54) is 15.5 Å². The Morgan fingerprint density at radius 2 is 1.78 bits per heavy atom. The van der Waals surface area contributed by atoms with E-state index in [9.17, 15) is 5.26 Å². The van der Waals surface area contributed by atoms with Crippen LogP contribution in [0.1, 0.15) is 30.9 Å². The molecule has 160 valence electrons. The quantitative estimate of drug-likeness (QED) is 0.447. The molecule has 1 atom stereocenters. The first-order valence-electron chi connectivity index (χ1n) is 11.0. The number of hydrogen-bond acceptors (Lipinski definition) is 5. The number of hydrogen-bond donors (Lipinski definition) is 0. The maximum atomic E-state index is 9.84. The van der Waals surface area contributed by atoms with Crippen molar-refractivity contribution in [1.82, 2.24) is 0 Å². The average molecular weight is 440 g/mol. The highest BCUT2D eigenvalue weighted by Gasteiger charge is 2.26. The summed E-state index contributed by atoms with van der Waals surface area (Å²) in [5.74, 6) is 1.17. The van der Waals surface area contributed by atoms with E-state index in [1.54, 1.807) is 11.8 Å². The first kappa shape index (κ1) is 20.5. The zero-order valence-corrected chi connectivity index (χ0v) is 19.3. The van der Waals surface area contributed by atoms with Crippen LogP contribution in [0.5, 0.6) is 5.75 Å². The highest BCUT2D eigenvalue weighted by molar-refractivity contribution is 7.99. The molecule has 0 radical (unpaired) electrons. The summed E-state index contributed by atoms with van der Waals surface area (Å²) in [5.41, 5.74) is 5.36. The van der Waals surface area contributed by atoms with Crippen LogP contribution in [-0.4, -0.2) is 20.1 Å². The lowest BCUT2D eigenvalue weighted by atomic mass is 9.94. The smallest absolute Gasteiger partial charge is 0.134 e. The minimum absolute atomic E-state index is 0.330. The Balaban J connectivity index is 1.52. The lowest BCUT2D eigenvalue weighted by Gasteiger charge is -2.30. The first-order chi connectivity index (χ1) is 15.6. The van der Waals surface area contributed by atoms with Crippen molar-refractivity contribution < 1.29 is 4.74 Å². The molecule has 0 saturated heterocycles. The van der Waals surface area contributed by atoms with E-state index >= 15 is 0 Å². The van der Waals surface area contributed by atoms with E-state index in [-0.39, 0.29) is 5.92 Å². The van der Waals surface area contributed by atoms with Crippen molar-refractivity contribution in [3.05, 3.63) is 77.9 Å². The molecular weight excluding hydrogens is 414 g/mol. The number of ether oxygens (including phenoxy) is 1. The van der Waals surface area contributed by atoms with Gasteiger partial charge >= 0.3 is 0 Å². The Hall–Kier alpha value is -3.36. The Labute approximate surface area is 193 Å². The number of anilines is 3. The van der Waals surface area contributed by atoms with E-state index in [2.05, 4.69) is 91.4 Å². The van der Waals surface area contributed by atoms with Gasteiger partial charge in [0.1, 0.15) is 11.5 Å². The number of nitrogens with zero attached hydrogens (tertiary/aromatic N) is 3. The molecular formula is C27H25N3OS. The minimum atomic E-state index is -0.330. The number of fused-ring (bicyclic) bond motifs is 3. The Morgan fingerprint density at radius 1 is 1.00 bits per heavy atom. The zero-order valence-electron chi connectivity index (χ0n) is 18.5. The van der Waals surface area contributed by atoms with Crippen molar-refractivity contribution in [1.29, 1.82) is 5.26 Å². The average Bonchev–Trinajstić information content (AvgIpc) is 2.84. The van der Waals surface area contributed by atoms with E-state index in [0.29, 0.717) is 0 Å². The van der Waals surface area contributed by atoms with Crippen molar-refractivity contribution in [3.63, 3.8) is 0 Å². The molecule has 0 amide bonds. The molecule has 0 N–H and O–H groups in total. The SMILES string of the molecule is CCN(CC)c1ccc2c(c1)OC(c1ccc3c(c1)N(C)c1ccccc1S3)=CC2C#N. The normalized spacial score (nSPS) is 16.1. The highest BCUT2D eigenvalue weighted by Crippen LogP contribution is 2.48. The first-order valence-corrected chi connectivity index (χ1v) is 11.8. The lowest BCUT2D eigenvalue weighted by Crippen LogP contribution is -2.22. The van der Waals surface area contributed by atoms with Crippen molar-refractivity contribution in [2.45, 2.75) is 29.6 Å². The fourth-order valence-electron chi connectivity index (χ4n) is 4.40. The fourth-order valence-corrected chi connectivity index (χ4v) is 5.53. The molecule has 2 aliphatic heterocycles. The molecule has 3 aromatic carbocycles. The third-order valence-corrected chi connectivity index (χ3v) is 7.32. The minimum Gasteiger partial charge on any atom is -0.457 e. The third-order valence-electron chi connectivity index (χ3n) is 6.19.